The van der Waals surface area contributed by atoms with Crippen molar-refractivity contribution in [1.29, 1.82) is 0 Å². The smallest absolute Gasteiger partial charge is 0.299 e. The third-order valence-corrected chi connectivity index (χ3v) is 1.33. The first-order chi connectivity index (χ1) is 9.33. The van der Waals surface area contributed by atoms with E-state index in [2.05, 4.69) is 19.6 Å². The van der Waals surface area contributed by atoms with E-state index in [0.29, 0.717) is 13.2 Å². The minimum atomic E-state index is -0.644. The molecule has 0 fully saturated rings. The number of carbonyl (C=O) groups excluding carboxylic acids is 4. The number of carbonyl (C=O) groups is 4. The number of rotatable bonds is 8. The van der Waals surface area contributed by atoms with Crippen molar-refractivity contribution in [3.8, 4) is 0 Å². The molecule has 0 aliphatic carbocycles. The predicted octanol–water partition coefficient (Wildman–Crippen LogP) is 0.918. The number of Topliss-reactive ketones (excluding diaryl/α,β-unsaturated/α-hetero) is 2. The van der Waals surface area contributed by atoms with Gasteiger partial charge in [0.1, 0.15) is 24.4 Å². The zero-order valence-corrected chi connectivity index (χ0v) is 14.2. The second kappa shape index (κ2) is 17.0. The molecule has 0 N–H and O–H groups in total. The number of ketones is 2. The summed E-state index contributed by atoms with van der Waals surface area (Å²) >= 11 is 0. The van der Waals surface area contributed by atoms with Crippen LogP contribution in [0.25, 0.3) is 0 Å². The quantitative estimate of drug-likeness (QED) is 0.278. The van der Waals surface area contributed by atoms with E-state index in [1.807, 2.05) is 0 Å². The Hall–Kier alpha value is -1.09. The van der Waals surface area contributed by atoms with Crippen molar-refractivity contribution < 1.29 is 60.4 Å². The molecule has 120 valence electrons. The van der Waals surface area contributed by atoms with Crippen molar-refractivity contribution in [2.24, 2.45) is 0 Å². The molecule has 0 aliphatic rings. The molecule has 8 nitrogen and oxygen atoms in total. The van der Waals surface area contributed by atoms with Gasteiger partial charge in [0, 0.05) is 21.7 Å². The normalized spacial score (nSPS) is 8.57. The number of hydrogen-bond acceptors (Lipinski definition) is 8. The van der Waals surface area contributed by atoms with Crippen LogP contribution in [-0.4, -0.2) is 36.7 Å². The molecule has 21 heavy (non-hydrogen) atoms. The summed E-state index contributed by atoms with van der Waals surface area (Å²) in [5.74, 6) is -1.75. The van der Waals surface area contributed by atoms with Gasteiger partial charge in [-0.25, -0.2) is 9.59 Å². The van der Waals surface area contributed by atoms with Crippen molar-refractivity contribution in [1.82, 2.24) is 0 Å². The SMILES string of the molecule is CCOOC(=O)CC(C)=O.CCOOC(=O)CC(C)=O.[Ti]. The van der Waals surface area contributed by atoms with E-state index in [9.17, 15) is 19.2 Å². The Kier molecular flexibility index (Phi) is 20.1. The molecule has 9 heteroatoms. The van der Waals surface area contributed by atoms with Gasteiger partial charge in [-0.05, 0) is 27.7 Å². The molecule has 0 saturated heterocycles. The van der Waals surface area contributed by atoms with Gasteiger partial charge >= 0.3 is 11.9 Å². The van der Waals surface area contributed by atoms with Crippen LogP contribution in [0.5, 0.6) is 0 Å². The Morgan fingerprint density at radius 2 is 1.00 bits per heavy atom. The summed E-state index contributed by atoms with van der Waals surface area (Å²) in [5.41, 5.74) is 0. The van der Waals surface area contributed by atoms with E-state index in [1.54, 1.807) is 13.8 Å². The van der Waals surface area contributed by atoms with Crippen LogP contribution >= 0.6 is 0 Å². The van der Waals surface area contributed by atoms with Crippen LogP contribution < -0.4 is 0 Å². The fourth-order valence-corrected chi connectivity index (χ4v) is 0.715. The van der Waals surface area contributed by atoms with Gasteiger partial charge in [0.2, 0.25) is 0 Å². The first kappa shape index (κ1) is 24.9. The van der Waals surface area contributed by atoms with Crippen LogP contribution in [0.2, 0.25) is 0 Å². The van der Waals surface area contributed by atoms with Gasteiger partial charge in [-0.3, -0.25) is 19.4 Å². The van der Waals surface area contributed by atoms with E-state index in [1.165, 1.54) is 13.8 Å². The van der Waals surface area contributed by atoms with E-state index in [4.69, 9.17) is 0 Å². The second-order valence-corrected chi connectivity index (χ2v) is 3.48. The Morgan fingerprint density at radius 3 is 1.19 bits per heavy atom. The van der Waals surface area contributed by atoms with Gasteiger partial charge in [-0.15, -0.1) is 0 Å². The largest absolute Gasteiger partial charge is 0.349 e. The van der Waals surface area contributed by atoms with Crippen LogP contribution in [0.4, 0.5) is 0 Å². The monoisotopic (exact) mass is 340 g/mol. The Morgan fingerprint density at radius 1 is 0.714 bits per heavy atom. The molecular weight excluding hydrogens is 320 g/mol. The molecule has 0 heterocycles. The van der Waals surface area contributed by atoms with Gasteiger partial charge in [0.25, 0.3) is 0 Å². The Bertz CT molecular complexity index is 297. The van der Waals surface area contributed by atoms with Gasteiger partial charge in [0.15, 0.2) is 0 Å². The molecule has 0 aliphatic heterocycles. The van der Waals surface area contributed by atoms with Gasteiger partial charge in [0.05, 0.1) is 13.2 Å². The molecule has 0 rings (SSSR count). The maximum absolute atomic E-state index is 10.4. The summed E-state index contributed by atoms with van der Waals surface area (Å²) in [7, 11) is 0. The number of hydrogen-bond donors (Lipinski definition) is 0. The molecule has 0 spiro atoms. The molecule has 0 aromatic carbocycles. The van der Waals surface area contributed by atoms with Gasteiger partial charge in [-0.1, -0.05) is 0 Å². The van der Waals surface area contributed by atoms with E-state index >= 15 is 0 Å². The standard InChI is InChI=1S/2C6H10O4.Ti/c2*1-3-9-10-6(8)4-5(2)7;/h2*3-4H2,1-2H3;. The fraction of sp³-hybridized carbons (Fsp3) is 0.667. The summed E-state index contributed by atoms with van der Waals surface area (Å²) in [5, 5.41) is 0. The molecule has 0 atom stereocenters. The summed E-state index contributed by atoms with van der Waals surface area (Å²) < 4.78 is 0. The zero-order valence-electron chi connectivity index (χ0n) is 12.6. The first-order valence-electron chi connectivity index (χ1n) is 5.96. The Balaban J connectivity index is -0.000000295. The third-order valence-electron chi connectivity index (χ3n) is 1.33. The minimum Gasteiger partial charge on any atom is -0.299 e. The van der Waals surface area contributed by atoms with Crippen LogP contribution in [0.1, 0.15) is 40.5 Å². The van der Waals surface area contributed by atoms with Crippen molar-refractivity contribution >= 4 is 23.5 Å². The maximum atomic E-state index is 10.4. The molecule has 0 amide bonds. The molecule has 0 aromatic rings. The molecule has 0 bridgehead atoms. The second-order valence-electron chi connectivity index (χ2n) is 3.48. The average molecular weight is 340 g/mol. The van der Waals surface area contributed by atoms with Crippen LogP contribution in [0, 0.1) is 0 Å². The molecule has 0 saturated carbocycles. The van der Waals surface area contributed by atoms with E-state index in [0.717, 1.165) is 0 Å². The molecular formula is C12H20O8Ti. The van der Waals surface area contributed by atoms with Crippen molar-refractivity contribution in [2.45, 2.75) is 40.5 Å². The summed E-state index contributed by atoms with van der Waals surface area (Å²) in [6, 6.07) is 0. The summed E-state index contributed by atoms with van der Waals surface area (Å²) in [6.45, 7) is 6.58. The van der Waals surface area contributed by atoms with Crippen LogP contribution in [0.15, 0.2) is 0 Å². The fourth-order valence-electron chi connectivity index (χ4n) is 0.715. The predicted molar refractivity (Wildman–Crippen MR) is 66.0 cm³/mol. The van der Waals surface area contributed by atoms with Crippen molar-refractivity contribution in [2.75, 3.05) is 13.2 Å². The molecule has 0 radical (unpaired) electrons. The third kappa shape index (κ3) is 24.3. The molecule has 0 unspecified atom stereocenters. The van der Waals surface area contributed by atoms with Crippen LogP contribution in [0.3, 0.4) is 0 Å². The van der Waals surface area contributed by atoms with Crippen molar-refractivity contribution in [3.05, 3.63) is 0 Å². The summed E-state index contributed by atoms with van der Waals surface area (Å²) in [6.07, 6.45) is -0.444. The van der Waals surface area contributed by atoms with Gasteiger partial charge < -0.3 is 0 Å². The summed E-state index contributed by atoms with van der Waals surface area (Å²) in [4.78, 5) is 58.3. The van der Waals surface area contributed by atoms with Crippen molar-refractivity contribution in [3.63, 3.8) is 0 Å². The van der Waals surface area contributed by atoms with E-state index in [-0.39, 0.29) is 46.1 Å². The zero-order chi connectivity index (χ0) is 16.0. The van der Waals surface area contributed by atoms with Crippen LogP contribution in [-0.2, 0) is 60.4 Å². The Labute approximate surface area is 138 Å². The first-order valence-corrected chi connectivity index (χ1v) is 5.96. The average Bonchev–Trinajstić information content (AvgIpc) is 2.33. The van der Waals surface area contributed by atoms with E-state index < -0.39 is 11.9 Å². The topological polar surface area (TPSA) is 105 Å². The minimum absolute atomic E-state index is 0. The molecule has 0 aromatic heterocycles. The van der Waals surface area contributed by atoms with Gasteiger partial charge in [-0.2, -0.15) is 9.78 Å². The maximum Gasteiger partial charge on any atom is 0.349 e.